The molecule has 0 amide bonds. The van der Waals surface area contributed by atoms with Crippen LogP contribution in [0.2, 0.25) is 0 Å². The molecule has 0 saturated carbocycles. The SMILES string of the molecule is COC(=O)c1ccc(OC[C]=O)cc1. The van der Waals surface area contributed by atoms with E-state index in [-0.39, 0.29) is 6.61 Å². The highest BCUT2D eigenvalue weighted by molar-refractivity contribution is 5.89. The molecule has 1 radical (unpaired) electrons. The van der Waals surface area contributed by atoms with Gasteiger partial charge >= 0.3 is 5.97 Å². The molecule has 0 N–H and O–H groups in total. The van der Waals surface area contributed by atoms with E-state index in [0.29, 0.717) is 11.3 Å². The first-order chi connectivity index (χ1) is 6.77. The summed E-state index contributed by atoms with van der Waals surface area (Å²) in [5.74, 6) is 0.111. The molecule has 0 aromatic heterocycles. The van der Waals surface area contributed by atoms with Gasteiger partial charge < -0.3 is 9.47 Å². The van der Waals surface area contributed by atoms with E-state index in [2.05, 4.69) is 4.74 Å². The van der Waals surface area contributed by atoms with E-state index in [4.69, 9.17) is 4.74 Å². The van der Waals surface area contributed by atoms with Crippen LogP contribution in [0.25, 0.3) is 0 Å². The second-order valence-corrected chi connectivity index (χ2v) is 2.45. The van der Waals surface area contributed by atoms with Crippen molar-refractivity contribution in [1.29, 1.82) is 0 Å². The minimum Gasteiger partial charge on any atom is -0.485 e. The predicted octanol–water partition coefficient (Wildman–Crippen LogP) is 0.962. The van der Waals surface area contributed by atoms with E-state index in [1.165, 1.54) is 7.11 Å². The molecule has 73 valence electrons. The zero-order valence-electron chi connectivity index (χ0n) is 7.65. The number of carbonyl (C=O) groups is 1. The van der Waals surface area contributed by atoms with Crippen LogP contribution in [0.15, 0.2) is 24.3 Å². The highest BCUT2D eigenvalue weighted by atomic mass is 16.5. The van der Waals surface area contributed by atoms with Crippen molar-refractivity contribution < 1.29 is 19.1 Å². The molecule has 1 rings (SSSR count). The lowest BCUT2D eigenvalue weighted by Crippen LogP contribution is -2.01. The molecule has 0 fully saturated rings. The zero-order chi connectivity index (χ0) is 10.4. The molecule has 1 aromatic rings. The Bertz CT molecular complexity index is 315. The summed E-state index contributed by atoms with van der Waals surface area (Å²) in [6.45, 7) is -0.114. The summed E-state index contributed by atoms with van der Waals surface area (Å²) < 4.78 is 9.46. The first-order valence-electron chi connectivity index (χ1n) is 3.94. The van der Waals surface area contributed by atoms with Gasteiger partial charge in [-0.1, -0.05) is 0 Å². The summed E-state index contributed by atoms with van der Waals surface area (Å²) in [7, 11) is 1.31. The topological polar surface area (TPSA) is 52.6 Å². The number of carbonyl (C=O) groups excluding carboxylic acids is 2. The molecule has 4 nitrogen and oxygen atoms in total. The molecule has 0 saturated heterocycles. The van der Waals surface area contributed by atoms with Gasteiger partial charge in [0, 0.05) is 0 Å². The van der Waals surface area contributed by atoms with Crippen molar-refractivity contribution in [2.24, 2.45) is 0 Å². The lowest BCUT2D eigenvalue weighted by Gasteiger charge is -2.02. The number of methoxy groups -OCH3 is 1. The lowest BCUT2D eigenvalue weighted by atomic mass is 10.2. The van der Waals surface area contributed by atoms with Gasteiger partial charge in [0.15, 0.2) is 6.61 Å². The summed E-state index contributed by atoms with van der Waals surface area (Å²) in [6.07, 6.45) is 1.60. The smallest absolute Gasteiger partial charge is 0.337 e. The van der Waals surface area contributed by atoms with Crippen molar-refractivity contribution in [3.05, 3.63) is 29.8 Å². The molecule has 4 heteroatoms. The normalized spacial score (nSPS) is 9.21. The molecule has 1 aromatic carbocycles. The van der Waals surface area contributed by atoms with Gasteiger partial charge in [-0.2, -0.15) is 0 Å². The van der Waals surface area contributed by atoms with Crippen LogP contribution in [-0.2, 0) is 9.53 Å². The Morgan fingerprint density at radius 2 is 2.00 bits per heavy atom. The van der Waals surface area contributed by atoms with Gasteiger partial charge in [0.05, 0.1) is 12.7 Å². The molecule has 0 aliphatic heterocycles. The highest BCUT2D eigenvalue weighted by Gasteiger charge is 2.04. The Hall–Kier alpha value is -1.84. The van der Waals surface area contributed by atoms with Crippen molar-refractivity contribution in [3.63, 3.8) is 0 Å². The number of benzene rings is 1. The van der Waals surface area contributed by atoms with Gasteiger partial charge in [-0.15, -0.1) is 0 Å². The van der Waals surface area contributed by atoms with Gasteiger partial charge in [0.2, 0.25) is 6.29 Å². The maximum absolute atomic E-state index is 11.0. The molecule has 0 bridgehead atoms. The van der Waals surface area contributed by atoms with E-state index >= 15 is 0 Å². The first kappa shape index (κ1) is 10.2. The summed E-state index contributed by atoms with van der Waals surface area (Å²) in [5, 5.41) is 0. The number of hydrogen-bond donors (Lipinski definition) is 0. The summed E-state index contributed by atoms with van der Waals surface area (Å²) in [4.78, 5) is 20.9. The third kappa shape index (κ3) is 2.58. The molecule has 0 spiro atoms. The maximum Gasteiger partial charge on any atom is 0.337 e. The van der Waals surface area contributed by atoms with Crippen molar-refractivity contribution in [2.45, 2.75) is 0 Å². The second-order valence-electron chi connectivity index (χ2n) is 2.45. The van der Waals surface area contributed by atoms with Crippen LogP contribution in [-0.4, -0.2) is 26.0 Å². The molecule has 0 atom stereocenters. The molecular weight excluding hydrogens is 184 g/mol. The Labute approximate surface area is 81.4 Å². The number of rotatable bonds is 4. The van der Waals surface area contributed by atoms with E-state index in [1.807, 2.05) is 0 Å². The fourth-order valence-corrected chi connectivity index (χ4v) is 0.918. The predicted molar refractivity (Wildman–Crippen MR) is 49.0 cm³/mol. The minimum absolute atomic E-state index is 0.114. The Kier molecular flexibility index (Phi) is 3.67. The van der Waals surface area contributed by atoms with Gasteiger partial charge in [0.25, 0.3) is 0 Å². The third-order valence-corrected chi connectivity index (χ3v) is 1.57. The van der Waals surface area contributed by atoms with Crippen LogP contribution in [0.1, 0.15) is 10.4 Å². The van der Waals surface area contributed by atoms with Gasteiger partial charge in [-0.3, -0.25) is 4.79 Å². The monoisotopic (exact) mass is 193 g/mol. The summed E-state index contributed by atoms with van der Waals surface area (Å²) >= 11 is 0. The highest BCUT2D eigenvalue weighted by Crippen LogP contribution is 2.12. The standard InChI is InChI=1S/C10H9O4/c1-13-10(12)8-2-4-9(5-3-8)14-7-6-11/h2-5H,7H2,1H3. The van der Waals surface area contributed by atoms with Gasteiger partial charge in [0.1, 0.15) is 5.75 Å². The van der Waals surface area contributed by atoms with Crippen molar-refractivity contribution >= 4 is 12.3 Å². The van der Waals surface area contributed by atoms with Crippen molar-refractivity contribution in [3.8, 4) is 5.75 Å². The number of esters is 1. The molecular formula is C10H9O4. The summed E-state index contributed by atoms with van der Waals surface area (Å²) in [6, 6.07) is 6.30. The fraction of sp³-hybridized carbons (Fsp3) is 0.200. The van der Waals surface area contributed by atoms with Crippen LogP contribution >= 0.6 is 0 Å². The Morgan fingerprint density at radius 3 is 2.50 bits per heavy atom. The van der Waals surface area contributed by atoms with Gasteiger partial charge in [-0.05, 0) is 24.3 Å². The van der Waals surface area contributed by atoms with E-state index in [9.17, 15) is 9.59 Å². The van der Waals surface area contributed by atoms with E-state index in [1.54, 1.807) is 30.6 Å². The largest absolute Gasteiger partial charge is 0.485 e. The number of hydrogen-bond acceptors (Lipinski definition) is 4. The fourth-order valence-electron chi connectivity index (χ4n) is 0.918. The lowest BCUT2D eigenvalue weighted by molar-refractivity contribution is 0.0600. The second kappa shape index (κ2) is 5.01. The van der Waals surface area contributed by atoms with Crippen molar-refractivity contribution in [1.82, 2.24) is 0 Å². The van der Waals surface area contributed by atoms with Gasteiger partial charge in [-0.25, -0.2) is 4.79 Å². The van der Waals surface area contributed by atoms with Crippen LogP contribution in [0.3, 0.4) is 0 Å². The molecule has 14 heavy (non-hydrogen) atoms. The summed E-state index contributed by atoms with van der Waals surface area (Å²) in [5.41, 5.74) is 0.440. The zero-order valence-corrected chi connectivity index (χ0v) is 7.65. The first-order valence-corrected chi connectivity index (χ1v) is 3.94. The minimum atomic E-state index is -0.404. The molecule has 0 unspecified atom stereocenters. The Morgan fingerprint density at radius 1 is 1.36 bits per heavy atom. The maximum atomic E-state index is 11.0. The van der Waals surface area contributed by atoms with Crippen LogP contribution in [0, 0.1) is 0 Å². The van der Waals surface area contributed by atoms with E-state index < -0.39 is 5.97 Å². The molecule has 0 aliphatic carbocycles. The Balaban J connectivity index is 2.68. The van der Waals surface area contributed by atoms with Crippen LogP contribution in [0.4, 0.5) is 0 Å². The van der Waals surface area contributed by atoms with Crippen molar-refractivity contribution in [2.75, 3.05) is 13.7 Å². The average molecular weight is 193 g/mol. The molecule has 0 heterocycles. The quantitative estimate of drug-likeness (QED) is 0.668. The van der Waals surface area contributed by atoms with Crippen LogP contribution in [0.5, 0.6) is 5.75 Å². The average Bonchev–Trinajstić information content (AvgIpc) is 2.26. The molecule has 0 aliphatic rings. The van der Waals surface area contributed by atoms with Crippen LogP contribution < -0.4 is 4.74 Å². The number of ether oxygens (including phenoxy) is 2. The van der Waals surface area contributed by atoms with E-state index in [0.717, 1.165) is 0 Å². The third-order valence-electron chi connectivity index (χ3n) is 1.57.